The van der Waals surface area contributed by atoms with Gasteiger partial charge in [-0.05, 0) is 49.8 Å². The summed E-state index contributed by atoms with van der Waals surface area (Å²) in [5, 5.41) is 42.1. The van der Waals surface area contributed by atoms with Crippen LogP contribution in [0.2, 0.25) is 0 Å². The fourth-order valence-corrected chi connectivity index (χ4v) is 5.04. The molecule has 48 heavy (non-hydrogen) atoms. The summed E-state index contributed by atoms with van der Waals surface area (Å²) in [5.74, 6) is -1.34. The molecular weight excluding hydrogens is 618 g/mol. The Morgan fingerprint density at radius 2 is 1.48 bits per heavy atom. The second-order valence-electron chi connectivity index (χ2n) is 12.0. The summed E-state index contributed by atoms with van der Waals surface area (Å²) in [6, 6.07) is 5.01. The van der Waals surface area contributed by atoms with Crippen molar-refractivity contribution in [1.82, 2.24) is 5.32 Å². The first-order valence-corrected chi connectivity index (χ1v) is 17.0. The van der Waals surface area contributed by atoms with Gasteiger partial charge in [0.15, 0.2) is 5.60 Å². The molecule has 5 N–H and O–H groups in total. The standard InChI is InChI=1S/C37H53NO10/c1-3-5-7-11-14-18-29(39)19-15-12-9-10-13-16-20-31(37(47,36(45)46)27-33(40)41)34(42)38-32(35(43)44)26-28-21-23-30(24-22-28)48-25-17-8-6-4-2/h16,20-24,31-32,47H,3-7,9-15,18-19,25-27H2,1-2H3,(H,38,42)(H,40,41)(H,43,44)(H,45,46)/b20-16+/t31-,32+,37+/m1/s1. The van der Waals surface area contributed by atoms with Crippen molar-refractivity contribution in [3.05, 3.63) is 42.0 Å². The number of nitrogens with one attached hydrogen (secondary N) is 1. The van der Waals surface area contributed by atoms with Crippen LogP contribution in [0.15, 0.2) is 36.4 Å². The number of carboxylic acids is 3. The Kier molecular flexibility index (Phi) is 21.0. The zero-order valence-corrected chi connectivity index (χ0v) is 28.4. The van der Waals surface area contributed by atoms with Crippen LogP contribution in [0.4, 0.5) is 0 Å². The quantitative estimate of drug-likeness (QED) is 0.0463. The molecule has 1 amide bonds. The molecule has 0 heterocycles. The van der Waals surface area contributed by atoms with Crippen molar-refractivity contribution in [3.8, 4) is 17.6 Å². The van der Waals surface area contributed by atoms with E-state index < -0.39 is 47.8 Å². The van der Waals surface area contributed by atoms with E-state index in [1.54, 1.807) is 24.3 Å². The first kappa shape index (κ1) is 41.9. The number of ketones is 1. The molecule has 0 saturated carbocycles. The predicted octanol–water partition coefficient (Wildman–Crippen LogP) is 5.71. The average molecular weight is 672 g/mol. The minimum absolute atomic E-state index is 0.167. The topological polar surface area (TPSA) is 188 Å². The molecule has 0 aliphatic carbocycles. The smallest absolute Gasteiger partial charge is 0.337 e. The van der Waals surface area contributed by atoms with E-state index in [-0.39, 0.29) is 18.8 Å². The summed E-state index contributed by atoms with van der Waals surface area (Å²) in [6.45, 7) is 4.37. The maximum absolute atomic E-state index is 13.3. The number of hydrogen-bond acceptors (Lipinski definition) is 7. The highest BCUT2D eigenvalue weighted by atomic mass is 16.5. The van der Waals surface area contributed by atoms with E-state index in [9.17, 15) is 44.4 Å². The fourth-order valence-electron chi connectivity index (χ4n) is 5.04. The van der Waals surface area contributed by atoms with Gasteiger partial charge < -0.3 is 30.5 Å². The molecule has 0 fully saturated rings. The Morgan fingerprint density at radius 1 is 0.854 bits per heavy atom. The zero-order chi connectivity index (χ0) is 35.8. The fraction of sp³-hybridized carbons (Fsp3) is 0.595. The number of hydrogen-bond donors (Lipinski definition) is 5. The van der Waals surface area contributed by atoms with E-state index in [0.29, 0.717) is 37.0 Å². The minimum Gasteiger partial charge on any atom is -0.481 e. The Bertz CT molecular complexity index is 1250. The Hall–Kier alpha value is -4.17. The summed E-state index contributed by atoms with van der Waals surface area (Å²) in [4.78, 5) is 61.0. The molecule has 11 heteroatoms. The van der Waals surface area contributed by atoms with Crippen molar-refractivity contribution in [2.75, 3.05) is 6.61 Å². The van der Waals surface area contributed by atoms with Crippen LogP contribution in [0.3, 0.4) is 0 Å². The molecule has 0 bridgehead atoms. The molecule has 1 aromatic carbocycles. The lowest BCUT2D eigenvalue weighted by Gasteiger charge is -2.29. The van der Waals surface area contributed by atoms with Crippen molar-refractivity contribution in [1.29, 1.82) is 0 Å². The number of rotatable bonds is 26. The number of amides is 1. The number of aliphatic carboxylic acids is 3. The molecular formula is C37H53NO10. The van der Waals surface area contributed by atoms with Crippen LogP contribution in [0.1, 0.15) is 116 Å². The van der Waals surface area contributed by atoms with Gasteiger partial charge in [0.1, 0.15) is 24.2 Å². The van der Waals surface area contributed by atoms with Gasteiger partial charge in [0.25, 0.3) is 0 Å². The lowest BCUT2D eigenvalue weighted by Crippen LogP contribution is -2.55. The largest absolute Gasteiger partial charge is 0.481 e. The number of carboxylic acid groups (broad SMARTS) is 3. The van der Waals surface area contributed by atoms with Crippen molar-refractivity contribution in [2.24, 2.45) is 5.92 Å². The van der Waals surface area contributed by atoms with Gasteiger partial charge >= 0.3 is 17.9 Å². The lowest BCUT2D eigenvalue weighted by molar-refractivity contribution is -0.172. The number of benzene rings is 1. The Labute approximate surface area is 284 Å². The maximum Gasteiger partial charge on any atom is 0.337 e. The average Bonchev–Trinajstić information content (AvgIpc) is 3.03. The molecule has 0 radical (unpaired) electrons. The van der Waals surface area contributed by atoms with E-state index in [1.807, 2.05) is 6.92 Å². The van der Waals surface area contributed by atoms with Gasteiger partial charge in [0.05, 0.1) is 12.3 Å². The van der Waals surface area contributed by atoms with Crippen LogP contribution in [-0.2, 0) is 30.4 Å². The normalized spacial score (nSPS) is 13.5. The Morgan fingerprint density at radius 3 is 2.04 bits per heavy atom. The minimum atomic E-state index is -3.02. The highest BCUT2D eigenvalue weighted by molar-refractivity contribution is 5.94. The molecule has 0 saturated heterocycles. The lowest BCUT2D eigenvalue weighted by atomic mass is 9.82. The SMILES string of the molecule is CCCC#CCOc1ccc(C[C@H](NC(=O)[C@@H](/C=C/CCCCCCC(=O)CCCCCCC)[C@@](O)(CC(=O)O)C(=O)O)C(=O)O)cc1. The van der Waals surface area contributed by atoms with Gasteiger partial charge in [-0.15, -0.1) is 0 Å². The molecule has 3 atom stereocenters. The molecule has 1 rings (SSSR count). The van der Waals surface area contributed by atoms with Crippen LogP contribution >= 0.6 is 0 Å². The van der Waals surface area contributed by atoms with Gasteiger partial charge in [0.2, 0.25) is 5.91 Å². The third kappa shape index (κ3) is 17.1. The van der Waals surface area contributed by atoms with Crippen LogP contribution in [0.5, 0.6) is 5.75 Å². The second kappa shape index (κ2) is 24.0. The monoisotopic (exact) mass is 671 g/mol. The molecule has 0 aromatic heterocycles. The summed E-state index contributed by atoms with van der Waals surface area (Å²) in [6.07, 6.45) is 12.9. The van der Waals surface area contributed by atoms with E-state index >= 15 is 0 Å². The van der Waals surface area contributed by atoms with Crippen LogP contribution in [0, 0.1) is 17.8 Å². The van der Waals surface area contributed by atoms with Crippen LogP contribution < -0.4 is 10.1 Å². The number of aliphatic hydroxyl groups is 1. The van der Waals surface area contributed by atoms with E-state index in [4.69, 9.17) is 4.74 Å². The van der Waals surface area contributed by atoms with Gasteiger partial charge in [-0.1, -0.05) is 88.5 Å². The highest BCUT2D eigenvalue weighted by Crippen LogP contribution is 2.26. The second-order valence-corrected chi connectivity index (χ2v) is 12.0. The first-order valence-electron chi connectivity index (χ1n) is 17.0. The molecule has 11 nitrogen and oxygen atoms in total. The Balaban J connectivity index is 2.83. The van der Waals surface area contributed by atoms with Gasteiger partial charge in [-0.2, -0.15) is 0 Å². The number of carbonyl (C=O) groups excluding carboxylic acids is 2. The van der Waals surface area contributed by atoms with E-state index in [2.05, 4.69) is 24.1 Å². The third-order valence-electron chi connectivity index (χ3n) is 7.84. The van der Waals surface area contributed by atoms with Gasteiger partial charge in [0, 0.05) is 25.7 Å². The highest BCUT2D eigenvalue weighted by Gasteiger charge is 2.49. The van der Waals surface area contributed by atoms with E-state index in [1.165, 1.54) is 12.5 Å². The zero-order valence-electron chi connectivity index (χ0n) is 28.4. The molecule has 0 aliphatic heterocycles. The summed E-state index contributed by atoms with van der Waals surface area (Å²) in [7, 11) is 0. The molecule has 1 aromatic rings. The predicted molar refractivity (Wildman–Crippen MR) is 181 cm³/mol. The number of allylic oxidation sites excluding steroid dienone is 1. The van der Waals surface area contributed by atoms with Crippen LogP contribution in [-0.4, -0.2) is 68.3 Å². The molecule has 0 unspecified atom stereocenters. The van der Waals surface area contributed by atoms with Gasteiger partial charge in [-0.3, -0.25) is 14.4 Å². The van der Waals surface area contributed by atoms with Gasteiger partial charge in [-0.25, -0.2) is 9.59 Å². The number of Topliss-reactive ketones (excluding diaryl/α,β-unsaturated/α-hetero) is 1. The van der Waals surface area contributed by atoms with Crippen LogP contribution in [0.25, 0.3) is 0 Å². The van der Waals surface area contributed by atoms with Crippen molar-refractivity contribution >= 4 is 29.6 Å². The first-order chi connectivity index (χ1) is 22.9. The van der Waals surface area contributed by atoms with Crippen molar-refractivity contribution in [3.63, 3.8) is 0 Å². The summed E-state index contributed by atoms with van der Waals surface area (Å²) >= 11 is 0. The third-order valence-corrected chi connectivity index (χ3v) is 7.84. The maximum atomic E-state index is 13.3. The molecule has 0 aliphatic rings. The molecule has 266 valence electrons. The number of unbranched alkanes of at least 4 members (excludes halogenated alkanes) is 9. The number of carbonyl (C=O) groups is 5. The van der Waals surface area contributed by atoms with E-state index in [0.717, 1.165) is 63.9 Å². The van der Waals surface area contributed by atoms with Crippen molar-refractivity contribution in [2.45, 2.75) is 128 Å². The molecule has 0 spiro atoms. The summed E-state index contributed by atoms with van der Waals surface area (Å²) < 4.78 is 5.54. The summed E-state index contributed by atoms with van der Waals surface area (Å²) in [5.41, 5.74) is -2.49. The number of ether oxygens (including phenoxy) is 1. The van der Waals surface area contributed by atoms with Crippen molar-refractivity contribution < 1.29 is 49.1 Å².